The molecule has 0 unspecified atom stereocenters. The van der Waals surface area contributed by atoms with Crippen molar-refractivity contribution in [1.82, 2.24) is 29.7 Å². The number of imidazole rings is 1. The predicted molar refractivity (Wildman–Crippen MR) is 130 cm³/mol. The van der Waals surface area contributed by atoms with Crippen molar-refractivity contribution in [3.05, 3.63) is 6.33 Å². The van der Waals surface area contributed by atoms with Gasteiger partial charge in [0, 0.05) is 0 Å². The zero-order valence-corrected chi connectivity index (χ0v) is 22.2. The van der Waals surface area contributed by atoms with E-state index in [0.717, 1.165) is 0 Å². The number of carbonyl (C=O) groups excluding carboxylic acids is 2. The molecule has 6 N–H and O–H groups in total. The first-order chi connectivity index (χ1) is 18.0. The average molecular weight is 561 g/mol. The van der Waals surface area contributed by atoms with Gasteiger partial charge in [-0.25, -0.2) is 15.2 Å². The fraction of sp³-hybridized carbons (Fsp3) is 0.650. The molecule has 1 aliphatic heterocycles. The van der Waals surface area contributed by atoms with Crippen molar-refractivity contribution in [3.63, 3.8) is 0 Å². The summed E-state index contributed by atoms with van der Waals surface area (Å²) in [6.45, 7) is 3.22. The summed E-state index contributed by atoms with van der Waals surface area (Å²) in [6, 6.07) is 0. The third-order valence-corrected chi connectivity index (χ3v) is 7.16. The monoisotopic (exact) mass is 561 g/mol. The number of esters is 2. The van der Waals surface area contributed by atoms with Gasteiger partial charge in [-0.15, -0.1) is 0 Å². The Hall–Kier alpha value is -2.92. The van der Waals surface area contributed by atoms with Gasteiger partial charge in [-0.1, -0.05) is 0 Å². The summed E-state index contributed by atoms with van der Waals surface area (Å²) < 4.78 is 40.8. The lowest BCUT2D eigenvalue weighted by molar-refractivity contribution is -0.142. The lowest BCUT2D eigenvalue weighted by Gasteiger charge is -2.27. The van der Waals surface area contributed by atoms with Crippen LogP contribution in [0.2, 0.25) is 0 Å². The summed E-state index contributed by atoms with van der Waals surface area (Å²) in [4.78, 5) is 35.8. The minimum atomic E-state index is -4.08. The van der Waals surface area contributed by atoms with Crippen molar-refractivity contribution in [3.8, 4) is 5.88 Å². The maximum absolute atomic E-state index is 13.3. The van der Waals surface area contributed by atoms with Crippen molar-refractivity contribution in [1.29, 1.82) is 0 Å². The number of carbonyl (C=O) groups is 2. The van der Waals surface area contributed by atoms with Crippen LogP contribution >= 0.6 is 7.67 Å². The SMILES string of the molecule is CCOC(=O)CNP(=O)(NCC(=O)OCC)OC[C@H]1O[C@@H](n2cnc3c(OC)nc(N)nc32)[C@](C)(O)[C@@H]1O. The van der Waals surface area contributed by atoms with Crippen LogP contribution in [-0.4, -0.2) is 99.5 Å². The molecule has 1 saturated heterocycles. The number of ether oxygens (including phenoxy) is 4. The fourth-order valence-electron chi connectivity index (χ4n) is 3.69. The second-order valence-corrected chi connectivity index (χ2v) is 10.2. The number of aliphatic hydroxyl groups excluding tert-OH is 1. The summed E-state index contributed by atoms with van der Waals surface area (Å²) in [5, 5.41) is 26.7. The summed E-state index contributed by atoms with van der Waals surface area (Å²) in [6.07, 6.45) is -2.66. The number of nitrogens with one attached hydrogen (secondary N) is 2. The van der Waals surface area contributed by atoms with E-state index < -0.39 is 63.3 Å². The number of fused-ring (bicyclic) bond motifs is 1. The zero-order chi connectivity index (χ0) is 28.1. The van der Waals surface area contributed by atoms with E-state index in [-0.39, 0.29) is 36.2 Å². The Balaban J connectivity index is 1.78. The molecule has 0 saturated carbocycles. The number of nitrogens with zero attached hydrogens (tertiary/aromatic N) is 4. The first-order valence-electron chi connectivity index (χ1n) is 11.6. The van der Waals surface area contributed by atoms with Gasteiger partial charge < -0.3 is 39.4 Å². The maximum Gasteiger partial charge on any atom is 0.341 e. The molecule has 3 heterocycles. The van der Waals surface area contributed by atoms with E-state index in [1.54, 1.807) is 13.8 Å². The molecule has 212 valence electrons. The Labute approximate surface area is 217 Å². The highest BCUT2D eigenvalue weighted by Gasteiger charge is 2.54. The third-order valence-electron chi connectivity index (χ3n) is 5.50. The summed E-state index contributed by atoms with van der Waals surface area (Å²) in [5.41, 5.74) is 4.28. The van der Waals surface area contributed by atoms with Crippen LogP contribution in [0, 0.1) is 0 Å². The van der Waals surface area contributed by atoms with Gasteiger partial charge in [0.2, 0.25) is 11.8 Å². The van der Waals surface area contributed by atoms with Crippen molar-refractivity contribution in [2.24, 2.45) is 0 Å². The Bertz CT molecular complexity index is 1170. The Morgan fingerprint density at radius 2 is 1.82 bits per heavy atom. The minimum Gasteiger partial charge on any atom is -0.479 e. The van der Waals surface area contributed by atoms with Gasteiger partial charge in [0.25, 0.3) is 0 Å². The molecular formula is C20H32N7O10P. The number of anilines is 1. The molecular weight excluding hydrogens is 529 g/mol. The molecule has 4 atom stereocenters. The molecule has 1 aliphatic rings. The Morgan fingerprint density at radius 3 is 2.37 bits per heavy atom. The van der Waals surface area contributed by atoms with E-state index in [1.807, 2.05) is 0 Å². The molecule has 0 aliphatic carbocycles. The second-order valence-electron chi connectivity index (χ2n) is 8.24. The van der Waals surface area contributed by atoms with Crippen LogP contribution in [-0.2, 0) is 32.9 Å². The van der Waals surface area contributed by atoms with Crippen LogP contribution in [0.3, 0.4) is 0 Å². The highest BCUT2D eigenvalue weighted by Crippen LogP contribution is 2.43. The number of rotatable bonds is 13. The first-order valence-corrected chi connectivity index (χ1v) is 13.2. The van der Waals surface area contributed by atoms with E-state index in [2.05, 4.69) is 25.1 Å². The van der Waals surface area contributed by atoms with Crippen LogP contribution in [0.15, 0.2) is 6.33 Å². The molecule has 2 aromatic heterocycles. The van der Waals surface area contributed by atoms with Crippen LogP contribution in [0.25, 0.3) is 11.2 Å². The molecule has 18 heteroatoms. The second kappa shape index (κ2) is 12.3. The van der Waals surface area contributed by atoms with E-state index in [0.29, 0.717) is 0 Å². The predicted octanol–water partition coefficient (Wildman–Crippen LogP) is -1.14. The summed E-state index contributed by atoms with van der Waals surface area (Å²) in [5.74, 6) is -1.43. The van der Waals surface area contributed by atoms with Crippen molar-refractivity contribution >= 4 is 36.7 Å². The Morgan fingerprint density at radius 1 is 1.21 bits per heavy atom. The van der Waals surface area contributed by atoms with E-state index in [4.69, 9.17) is 29.2 Å². The molecule has 3 rings (SSSR count). The number of aromatic nitrogens is 4. The van der Waals surface area contributed by atoms with E-state index in [9.17, 15) is 24.4 Å². The molecule has 17 nitrogen and oxygen atoms in total. The maximum atomic E-state index is 13.3. The highest BCUT2D eigenvalue weighted by atomic mass is 31.2. The van der Waals surface area contributed by atoms with E-state index >= 15 is 0 Å². The standard InChI is InChI=1S/C20H32N7O10P/c1-5-34-12(28)7-23-38(32,24-8-13(29)35-6-2)36-9-11-15(30)20(3,31)18(37-11)27-10-22-14-16(27)25-19(21)26-17(14)33-4/h10-11,15,18,30-31H,5-9H2,1-4H3,(H2,21,25,26)(H2,23,24,32)/t11-,15-,18-,20-/m1/s1. The molecule has 0 amide bonds. The van der Waals surface area contributed by atoms with Gasteiger partial charge in [-0.05, 0) is 20.8 Å². The quantitative estimate of drug-likeness (QED) is 0.144. The third kappa shape index (κ3) is 6.55. The smallest absolute Gasteiger partial charge is 0.341 e. The van der Waals surface area contributed by atoms with Crippen LogP contribution in [0.1, 0.15) is 27.0 Å². The molecule has 0 spiro atoms. The number of hydrogen-bond acceptors (Lipinski definition) is 14. The zero-order valence-electron chi connectivity index (χ0n) is 21.3. The first kappa shape index (κ1) is 29.6. The molecule has 1 fully saturated rings. The lowest BCUT2D eigenvalue weighted by Crippen LogP contribution is -2.44. The number of nitrogen functional groups attached to an aromatic ring is 1. The molecule has 2 aromatic rings. The van der Waals surface area contributed by atoms with Crippen molar-refractivity contribution < 1.29 is 47.8 Å². The minimum absolute atomic E-state index is 0.102. The number of aliphatic hydroxyl groups is 2. The molecule has 0 bridgehead atoms. The van der Waals surface area contributed by atoms with Crippen LogP contribution < -0.4 is 20.6 Å². The van der Waals surface area contributed by atoms with Gasteiger partial charge >= 0.3 is 19.6 Å². The fourth-order valence-corrected chi connectivity index (χ4v) is 5.01. The lowest BCUT2D eigenvalue weighted by atomic mass is 9.96. The van der Waals surface area contributed by atoms with Gasteiger partial charge in [-0.3, -0.25) is 18.7 Å². The van der Waals surface area contributed by atoms with Crippen molar-refractivity contribution in [2.45, 2.75) is 44.8 Å². The molecule has 0 aromatic carbocycles. The van der Waals surface area contributed by atoms with Crippen LogP contribution in [0.4, 0.5) is 5.95 Å². The van der Waals surface area contributed by atoms with Gasteiger partial charge in [0.1, 0.15) is 30.9 Å². The summed E-state index contributed by atoms with van der Waals surface area (Å²) in [7, 11) is -2.70. The molecule has 0 radical (unpaired) electrons. The van der Waals surface area contributed by atoms with Gasteiger partial charge in [-0.2, -0.15) is 9.97 Å². The van der Waals surface area contributed by atoms with Gasteiger partial charge in [0.15, 0.2) is 17.4 Å². The van der Waals surface area contributed by atoms with E-state index in [1.165, 1.54) is 24.9 Å². The highest BCUT2D eigenvalue weighted by molar-refractivity contribution is 7.54. The van der Waals surface area contributed by atoms with Crippen LogP contribution in [0.5, 0.6) is 5.88 Å². The normalized spacial score (nSPS) is 23.5. The number of nitrogens with two attached hydrogens (primary N) is 1. The number of hydrogen-bond donors (Lipinski definition) is 5. The topological polar surface area (TPSA) is 232 Å². The largest absolute Gasteiger partial charge is 0.479 e. The van der Waals surface area contributed by atoms with Gasteiger partial charge in [0.05, 0.1) is 33.3 Å². The Kier molecular flexibility index (Phi) is 9.59. The average Bonchev–Trinajstić information content (AvgIpc) is 3.38. The molecule has 38 heavy (non-hydrogen) atoms. The summed E-state index contributed by atoms with van der Waals surface area (Å²) >= 11 is 0. The number of methoxy groups -OCH3 is 1. The van der Waals surface area contributed by atoms with Crippen molar-refractivity contribution in [2.75, 3.05) is 45.8 Å².